The molecule has 94 valence electrons. The molecule has 1 rings (SSSR count). The van der Waals surface area contributed by atoms with Crippen molar-refractivity contribution in [2.24, 2.45) is 0 Å². The van der Waals surface area contributed by atoms with E-state index in [9.17, 15) is 19.5 Å². The molecule has 1 unspecified atom stereocenters. The Kier molecular flexibility index (Phi) is 4.76. The highest BCUT2D eigenvalue weighted by Crippen LogP contribution is 2.12. The maximum atomic E-state index is 11.2. The number of aliphatic hydroxyl groups excluding tert-OH is 1. The molecule has 1 saturated heterocycles. The van der Waals surface area contributed by atoms with E-state index in [4.69, 9.17) is 0 Å². The molecule has 8 nitrogen and oxygen atoms in total. The average molecular weight is 244 g/mol. The van der Waals surface area contributed by atoms with Crippen molar-refractivity contribution in [3.8, 4) is 0 Å². The topological polar surface area (TPSA) is 105 Å². The fourth-order valence-electron chi connectivity index (χ4n) is 1.03. The molecule has 17 heavy (non-hydrogen) atoms. The second-order valence-electron chi connectivity index (χ2n) is 3.11. The van der Waals surface area contributed by atoms with Gasteiger partial charge in [0.1, 0.15) is 0 Å². The van der Waals surface area contributed by atoms with Crippen LogP contribution in [0, 0.1) is 0 Å². The summed E-state index contributed by atoms with van der Waals surface area (Å²) in [4.78, 5) is 42.3. The minimum absolute atomic E-state index is 0.0113. The summed E-state index contributed by atoms with van der Waals surface area (Å²) in [5.41, 5.74) is 1.95. The van der Waals surface area contributed by atoms with Gasteiger partial charge in [-0.1, -0.05) is 6.08 Å². The molecule has 0 aromatic heterocycles. The third-order valence-electron chi connectivity index (χ3n) is 1.81. The van der Waals surface area contributed by atoms with Gasteiger partial charge in [0.2, 0.25) is 6.23 Å². The molecule has 1 atom stereocenters. The Labute approximate surface area is 96.7 Å². The highest BCUT2D eigenvalue weighted by Gasteiger charge is 2.34. The summed E-state index contributed by atoms with van der Waals surface area (Å²) in [5, 5.41) is 9.52. The number of hydroxylamine groups is 3. The zero-order valence-electron chi connectivity index (χ0n) is 8.92. The second-order valence-corrected chi connectivity index (χ2v) is 3.11. The summed E-state index contributed by atoms with van der Waals surface area (Å²) in [7, 11) is 0. The molecule has 0 aromatic rings. The van der Waals surface area contributed by atoms with Crippen molar-refractivity contribution in [1.82, 2.24) is 10.5 Å². The van der Waals surface area contributed by atoms with E-state index in [1.807, 2.05) is 5.48 Å². The van der Waals surface area contributed by atoms with Gasteiger partial charge in [-0.2, -0.15) is 5.48 Å². The third kappa shape index (κ3) is 3.63. The highest BCUT2D eigenvalue weighted by molar-refractivity contribution is 6.01. The largest absolute Gasteiger partial charge is 0.378 e. The summed E-state index contributed by atoms with van der Waals surface area (Å²) < 4.78 is 0. The van der Waals surface area contributed by atoms with Gasteiger partial charge in [0, 0.05) is 12.8 Å². The van der Waals surface area contributed by atoms with E-state index in [1.165, 1.54) is 6.08 Å². The number of carbonyl (C=O) groups is 3. The Balaban J connectivity index is 2.40. The Morgan fingerprint density at radius 2 is 2.12 bits per heavy atom. The summed E-state index contributed by atoms with van der Waals surface area (Å²) in [6.07, 6.45) is -0.430. The molecular weight excluding hydrogens is 232 g/mol. The van der Waals surface area contributed by atoms with E-state index in [2.05, 4.69) is 16.3 Å². The van der Waals surface area contributed by atoms with Gasteiger partial charge in [0.05, 0.1) is 6.61 Å². The zero-order valence-corrected chi connectivity index (χ0v) is 8.92. The molecule has 1 aliphatic heterocycles. The molecule has 1 fully saturated rings. The number of aliphatic hydroxyl groups is 1. The van der Waals surface area contributed by atoms with Crippen LogP contribution in [0.5, 0.6) is 0 Å². The van der Waals surface area contributed by atoms with Crippen molar-refractivity contribution in [1.29, 1.82) is 0 Å². The van der Waals surface area contributed by atoms with Gasteiger partial charge in [-0.05, 0) is 0 Å². The van der Waals surface area contributed by atoms with E-state index in [0.717, 1.165) is 0 Å². The van der Waals surface area contributed by atoms with E-state index >= 15 is 0 Å². The molecule has 2 amide bonds. The SMILES string of the molecule is C=CCONC(O)C(=O)ON1C(=O)CCC1=O. The molecule has 8 heteroatoms. The normalized spacial score (nSPS) is 17.1. The molecule has 0 bridgehead atoms. The van der Waals surface area contributed by atoms with Crippen molar-refractivity contribution < 1.29 is 29.2 Å². The van der Waals surface area contributed by atoms with Crippen LogP contribution in [0.25, 0.3) is 0 Å². The maximum absolute atomic E-state index is 11.2. The monoisotopic (exact) mass is 244 g/mol. The molecule has 0 spiro atoms. The van der Waals surface area contributed by atoms with Crippen LogP contribution in [-0.2, 0) is 24.1 Å². The van der Waals surface area contributed by atoms with E-state index in [1.54, 1.807) is 0 Å². The number of rotatable bonds is 6. The molecule has 0 saturated carbocycles. The first kappa shape index (κ1) is 13.3. The van der Waals surface area contributed by atoms with Crippen LogP contribution in [0.15, 0.2) is 12.7 Å². The lowest BCUT2D eigenvalue weighted by Gasteiger charge is -2.15. The first-order chi connectivity index (χ1) is 8.06. The van der Waals surface area contributed by atoms with Gasteiger partial charge >= 0.3 is 5.97 Å². The number of nitrogens with one attached hydrogen (secondary N) is 1. The van der Waals surface area contributed by atoms with Crippen LogP contribution in [0.1, 0.15) is 12.8 Å². The van der Waals surface area contributed by atoms with E-state index < -0.39 is 24.0 Å². The first-order valence-electron chi connectivity index (χ1n) is 4.80. The van der Waals surface area contributed by atoms with Crippen molar-refractivity contribution >= 4 is 17.8 Å². The average Bonchev–Trinajstić information content (AvgIpc) is 2.61. The lowest BCUT2D eigenvalue weighted by atomic mass is 10.4. The lowest BCUT2D eigenvalue weighted by Crippen LogP contribution is -2.42. The summed E-state index contributed by atoms with van der Waals surface area (Å²) in [6, 6.07) is 0. The second kappa shape index (κ2) is 6.09. The predicted molar refractivity (Wildman–Crippen MR) is 52.5 cm³/mol. The van der Waals surface area contributed by atoms with Gasteiger partial charge in [-0.3, -0.25) is 14.4 Å². The Morgan fingerprint density at radius 3 is 2.65 bits per heavy atom. The molecule has 0 aliphatic carbocycles. The number of nitrogens with zero attached hydrogens (tertiary/aromatic N) is 1. The Hall–Kier alpha value is -1.77. The quantitative estimate of drug-likeness (QED) is 0.195. The van der Waals surface area contributed by atoms with Gasteiger partial charge in [-0.15, -0.1) is 11.6 Å². The molecule has 1 aliphatic rings. The van der Waals surface area contributed by atoms with Crippen LogP contribution in [-0.4, -0.2) is 40.8 Å². The van der Waals surface area contributed by atoms with Crippen LogP contribution in [0.3, 0.4) is 0 Å². The van der Waals surface area contributed by atoms with Gasteiger partial charge < -0.3 is 9.94 Å². The summed E-state index contributed by atoms with van der Waals surface area (Å²) >= 11 is 0. The fraction of sp³-hybridized carbons (Fsp3) is 0.444. The minimum atomic E-state index is -1.80. The van der Waals surface area contributed by atoms with Gasteiger partial charge in [0.15, 0.2) is 0 Å². The van der Waals surface area contributed by atoms with Crippen molar-refractivity contribution in [2.75, 3.05) is 6.61 Å². The smallest absolute Gasteiger partial charge is 0.367 e. The summed E-state index contributed by atoms with van der Waals surface area (Å²) in [5.74, 6) is -2.46. The van der Waals surface area contributed by atoms with E-state index in [0.29, 0.717) is 5.06 Å². The standard InChI is InChI=1S/C9H12N2O6/c1-2-5-16-10-8(14)9(15)17-11-6(12)3-4-7(11)13/h2,8,10,14H,1,3-5H2. The van der Waals surface area contributed by atoms with E-state index in [-0.39, 0.29) is 19.4 Å². The molecule has 0 aromatic carbocycles. The summed E-state index contributed by atoms with van der Waals surface area (Å²) in [6.45, 7) is 3.41. The molecule has 2 N–H and O–H groups in total. The molecular formula is C9H12N2O6. The third-order valence-corrected chi connectivity index (χ3v) is 1.81. The number of imide groups is 1. The number of carbonyl (C=O) groups excluding carboxylic acids is 3. The number of hydrogen-bond donors (Lipinski definition) is 2. The van der Waals surface area contributed by atoms with Crippen LogP contribution >= 0.6 is 0 Å². The van der Waals surface area contributed by atoms with Crippen LogP contribution in [0.2, 0.25) is 0 Å². The number of hydrogen-bond acceptors (Lipinski definition) is 7. The van der Waals surface area contributed by atoms with Crippen molar-refractivity contribution in [3.05, 3.63) is 12.7 Å². The van der Waals surface area contributed by atoms with Crippen LogP contribution < -0.4 is 5.48 Å². The predicted octanol–water partition coefficient (Wildman–Crippen LogP) is -1.38. The first-order valence-corrected chi connectivity index (χ1v) is 4.80. The minimum Gasteiger partial charge on any atom is -0.367 e. The van der Waals surface area contributed by atoms with Crippen molar-refractivity contribution in [3.63, 3.8) is 0 Å². The maximum Gasteiger partial charge on any atom is 0.378 e. The number of amides is 2. The van der Waals surface area contributed by atoms with Crippen molar-refractivity contribution in [2.45, 2.75) is 19.1 Å². The molecule has 0 radical (unpaired) electrons. The highest BCUT2D eigenvalue weighted by atomic mass is 16.7. The Bertz CT molecular complexity index is 326. The van der Waals surface area contributed by atoms with Crippen LogP contribution in [0.4, 0.5) is 0 Å². The zero-order chi connectivity index (χ0) is 12.8. The molecule has 1 heterocycles. The van der Waals surface area contributed by atoms with Gasteiger partial charge in [0.25, 0.3) is 11.8 Å². The van der Waals surface area contributed by atoms with Gasteiger partial charge in [-0.25, -0.2) is 4.79 Å². The Morgan fingerprint density at radius 1 is 1.53 bits per heavy atom. The fourth-order valence-corrected chi connectivity index (χ4v) is 1.03. The lowest BCUT2D eigenvalue weighted by molar-refractivity contribution is -0.209.